The third kappa shape index (κ3) is 3.64. The fourth-order valence-corrected chi connectivity index (χ4v) is 3.09. The van der Waals surface area contributed by atoms with Crippen molar-refractivity contribution in [2.75, 3.05) is 6.54 Å². The molecule has 0 amide bonds. The maximum absolute atomic E-state index is 13.8. The van der Waals surface area contributed by atoms with Crippen molar-refractivity contribution in [3.05, 3.63) is 55.7 Å². The summed E-state index contributed by atoms with van der Waals surface area (Å²) in [5, 5.41) is 4.23. The van der Waals surface area contributed by atoms with Crippen molar-refractivity contribution < 1.29 is 4.39 Å². The molecule has 0 aliphatic rings. The topological polar surface area (TPSA) is 12.0 Å². The quantitative estimate of drug-likeness (QED) is 0.500. The van der Waals surface area contributed by atoms with Gasteiger partial charge in [0.2, 0.25) is 0 Å². The number of halogens is 5. The van der Waals surface area contributed by atoms with Gasteiger partial charge >= 0.3 is 0 Å². The SMILES string of the molecule is CCNCc1cc(-c2c(Cl)cc(Cl)c(Cl)c2Cl)ccc1F. The molecule has 0 aromatic heterocycles. The average Bonchev–Trinajstić information content (AvgIpc) is 2.45. The second kappa shape index (κ2) is 7.17. The second-order valence-electron chi connectivity index (χ2n) is 4.43. The van der Waals surface area contributed by atoms with Gasteiger partial charge in [0.05, 0.1) is 20.1 Å². The van der Waals surface area contributed by atoms with E-state index in [1.807, 2.05) is 6.92 Å². The van der Waals surface area contributed by atoms with Crippen molar-refractivity contribution in [2.45, 2.75) is 13.5 Å². The summed E-state index contributed by atoms with van der Waals surface area (Å²) >= 11 is 24.4. The number of nitrogens with one attached hydrogen (secondary N) is 1. The zero-order valence-corrected chi connectivity index (χ0v) is 14.1. The van der Waals surface area contributed by atoms with Gasteiger partial charge in [-0.05, 0) is 30.3 Å². The highest BCUT2D eigenvalue weighted by Gasteiger charge is 2.16. The van der Waals surface area contributed by atoms with E-state index in [9.17, 15) is 4.39 Å². The third-order valence-electron chi connectivity index (χ3n) is 3.01. The lowest BCUT2D eigenvalue weighted by Gasteiger charge is -2.12. The first-order chi connectivity index (χ1) is 9.95. The minimum absolute atomic E-state index is 0.232. The highest BCUT2D eigenvalue weighted by Crippen LogP contribution is 2.43. The first-order valence-corrected chi connectivity index (χ1v) is 7.79. The first kappa shape index (κ1) is 16.9. The van der Waals surface area contributed by atoms with Crippen LogP contribution in [0.2, 0.25) is 20.1 Å². The van der Waals surface area contributed by atoms with Crippen molar-refractivity contribution in [1.82, 2.24) is 5.32 Å². The lowest BCUT2D eigenvalue weighted by molar-refractivity contribution is 0.593. The second-order valence-corrected chi connectivity index (χ2v) is 6.00. The fraction of sp³-hybridized carbons (Fsp3) is 0.200. The first-order valence-electron chi connectivity index (χ1n) is 6.28. The Balaban J connectivity index is 2.55. The molecule has 21 heavy (non-hydrogen) atoms. The molecule has 1 N–H and O–H groups in total. The number of rotatable bonds is 4. The summed E-state index contributed by atoms with van der Waals surface area (Å²) in [6.07, 6.45) is 0. The van der Waals surface area contributed by atoms with E-state index in [-0.39, 0.29) is 20.9 Å². The number of hydrogen-bond acceptors (Lipinski definition) is 1. The number of benzene rings is 2. The van der Waals surface area contributed by atoms with Crippen molar-refractivity contribution >= 4 is 46.4 Å². The molecule has 0 bridgehead atoms. The fourth-order valence-electron chi connectivity index (χ4n) is 1.96. The van der Waals surface area contributed by atoms with E-state index >= 15 is 0 Å². The van der Waals surface area contributed by atoms with Crippen LogP contribution in [0, 0.1) is 5.82 Å². The van der Waals surface area contributed by atoms with Gasteiger partial charge in [0.1, 0.15) is 5.82 Å². The van der Waals surface area contributed by atoms with Gasteiger partial charge in [-0.2, -0.15) is 0 Å². The van der Waals surface area contributed by atoms with E-state index in [0.717, 1.165) is 6.54 Å². The number of hydrogen-bond donors (Lipinski definition) is 1. The van der Waals surface area contributed by atoms with Crippen molar-refractivity contribution in [1.29, 1.82) is 0 Å². The van der Waals surface area contributed by atoms with E-state index in [1.54, 1.807) is 12.1 Å². The van der Waals surface area contributed by atoms with Crippen LogP contribution in [-0.2, 0) is 6.54 Å². The molecule has 0 aliphatic carbocycles. The van der Waals surface area contributed by atoms with E-state index in [2.05, 4.69) is 5.32 Å². The molecule has 0 aliphatic heterocycles. The van der Waals surface area contributed by atoms with E-state index in [0.29, 0.717) is 28.3 Å². The van der Waals surface area contributed by atoms with Gasteiger partial charge in [0.15, 0.2) is 0 Å². The van der Waals surface area contributed by atoms with Crippen LogP contribution in [0.25, 0.3) is 11.1 Å². The van der Waals surface area contributed by atoms with Crippen molar-refractivity contribution in [3.8, 4) is 11.1 Å². The molecular weight excluding hydrogens is 355 g/mol. The maximum atomic E-state index is 13.8. The van der Waals surface area contributed by atoms with Crippen LogP contribution in [0.4, 0.5) is 4.39 Å². The smallest absolute Gasteiger partial charge is 0.127 e. The highest BCUT2D eigenvalue weighted by molar-refractivity contribution is 6.51. The van der Waals surface area contributed by atoms with E-state index < -0.39 is 0 Å². The van der Waals surface area contributed by atoms with Crippen LogP contribution >= 0.6 is 46.4 Å². The zero-order chi connectivity index (χ0) is 15.6. The zero-order valence-electron chi connectivity index (χ0n) is 11.1. The van der Waals surface area contributed by atoms with E-state index in [1.165, 1.54) is 12.1 Å². The Morgan fingerprint density at radius 2 is 1.71 bits per heavy atom. The molecule has 2 rings (SSSR count). The summed E-state index contributed by atoms with van der Waals surface area (Å²) in [6, 6.07) is 6.23. The minimum Gasteiger partial charge on any atom is -0.313 e. The van der Waals surface area contributed by atoms with Gasteiger partial charge in [0.25, 0.3) is 0 Å². The molecule has 6 heteroatoms. The lowest BCUT2D eigenvalue weighted by atomic mass is 10.0. The van der Waals surface area contributed by atoms with E-state index in [4.69, 9.17) is 46.4 Å². The van der Waals surface area contributed by atoms with Crippen LogP contribution in [0.5, 0.6) is 0 Å². The molecule has 0 radical (unpaired) electrons. The summed E-state index contributed by atoms with van der Waals surface area (Å²) in [4.78, 5) is 0. The predicted octanol–water partition coefficient (Wildman–Crippen LogP) is 6.22. The van der Waals surface area contributed by atoms with Crippen molar-refractivity contribution in [2.24, 2.45) is 0 Å². The Hall–Kier alpha value is -0.510. The van der Waals surface area contributed by atoms with Gasteiger partial charge in [-0.15, -0.1) is 0 Å². The lowest BCUT2D eigenvalue weighted by Crippen LogP contribution is -2.13. The molecule has 1 nitrogen and oxygen atoms in total. The summed E-state index contributed by atoms with van der Waals surface area (Å²) < 4.78 is 13.8. The summed E-state index contributed by atoms with van der Waals surface area (Å²) in [7, 11) is 0. The van der Waals surface area contributed by atoms with Crippen LogP contribution in [0.1, 0.15) is 12.5 Å². The average molecular weight is 367 g/mol. The highest BCUT2D eigenvalue weighted by atomic mass is 35.5. The van der Waals surface area contributed by atoms with Crippen molar-refractivity contribution in [3.63, 3.8) is 0 Å². The summed E-state index contributed by atoms with van der Waals surface area (Å²) in [5.74, 6) is -0.285. The Kier molecular flexibility index (Phi) is 5.75. The maximum Gasteiger partial charge on any atom is 0.127 e. The standard InChI is InChI=1S/C15H12Cl4FN/c1-2-21-7-9-5-8(3-4-12(9)20)13-10(16)6-11(17)14(18)15(13)19/h3-6,21H,2,7H2,1H3. The van der Waals surface area contributed by atoms with Gasteiger partial charge in [0, 0.05) is 17.7 Å². The van der Waals surface area contributed by atoms with Crippen LogP contribution < -0.4 is 5.32 Å². The van der Waals surface area contributed by atoms with Gasteiger partial charge in [-0.1, -0.05) is 59.4 Å². The summed E-state index contributed by atoms with van der Waals surface area (Å²) in [6.45, 7) is 3.12. The molecule has 2 aromatic rings. The molecule has 0 saturated carbocycles. The molecule has 0 atom stereocenters. The van der Waals surface area contributed by atoms with Crippen LogP contribution in [0.3, 0.4) is 0 Å². The molecule has 0 unspecified atom stereocenters. The Labute approximate surface area is 143 Å². The molecule has 2 aromatic carbocycles. The van der Waals surface area contributed by atoms with Crippen LogP contribution in [0.15, 0.2) is 24.3 Å². The molecule has 0 fully saturated rings. The predicted molar refractivity (Wildman–Crippen MR) is 89.3 cm³/mol. The van der Waals surface area contributed by atoms with Crippen LogP contribution in [-0.4, -0.2) is 6.54 Å². The molecule has 0 heterocycles. The Morgan fingerprint density at radius 3 is 2.38 bits per heavy atom. The molecule has 0 spiro atoms. The minimum atomic E-state index is -0.285. The van der Waals surface area contributed by atoms with Gasteiger partial charge in [-0.25, -0.2) is 4.39 Å². The van der Waals surface area contributed by atoms with Gasteiger partial charge < -0.3 is 5.32 Å². The normalized spacial score (nSPS) is 11.0. The van der Waals surface area contributed by atoms with Gasteiger partial charge in [-0.3, -0.25) is 0 Å². The Morgan fingerprint density at radius 1 is 1.00 bits per heavy atom. The monoisotopic (exact) mass is 365 g/mol. The summed E-state index contributed by atoms with van der Waals surface area (Å²) in [5.41, 5.74) is 1.77. The third-order valence-corrected chi connectivity index (χ3v) is 4.57. The largest absolute Gasteiger partial charge is 0.313 e. The molecule has 112 valence electrons. The molecular formula is C15H12Cl4FN. The Bertz CT molecular complexity index is 673. The molecule has 0 saturated heterocycles.